The van der Waals surface area contributed by atoms with E-state index in [9.17, 15) is 14.7 Å². The van der Waals surface area contributed by atoms with Crippen molar-refractivity contribution >= 4 is 12.0 Å². The Morgan fingerprint density at radius 3 is 2.87 bits per heavy atom. The molecule has 1 saturated heterocycles. The maximum atomic E-state index is 11.9. The first-order valence-electron chi connectivity index (χ1n) is 7.13. The van der Waals surface area contributed by atoms with E-state index in [-0.39, 0.29) is 19.4 Å². The highest BCUT2D eigenvalue weighted by molar-refractivity contribution is 5.79. The normalized spacial score (nSPS) is 18.2. The van der Waals surface area contributed by atoms with Gasteiger partial charge >= 0.3 is 6.09 Å². The summed E-state index contributed by atoms with van der Waals surface area (Å²) in [7, 11) is 0. The number of aliphatic hydroxyl groups excluding tert-OH is 1. The number of nitrogens with one attached hydrogen (secondary N) is 1. The highest BCUT2D eigenvalue weighted by Crippen LogP contribution is 2.16. The van der Waals surface area contributed by atoms with Gasteiger partial charge in [0, 0.05) is 30.3 Å². The Hall–Kier alpha value is -2.77. The highest BCUT2D eigenvalue weighted by Gasteiger charge is 2.33. The Morgan fingerprint density at radius 2 is 2.26 bits per heavy atom. The predicted molar refractivity (Wildman–Crippen MR) is 79.7 cm³/mol. The largest absolute Gasteiger partial charge is 0.432 e. The van der Waals surface area contributed by atoms with Crippen LogP contribution in [0.5, 0.6) is 0 Å². The first-order valence-corrected chi connectivity index (χ1v) is 7.13. The number of hydroxylamine groups is 2. The Kier molecular flexibility index (Phi) is 5.79. The molecule has 9 heteroatoms. The van der Waals surface area contributed by atoms with Gasteiger partial charge in [-0.1, -0.05) is 35.4 Å². The van der Waals surface area contributed by atoms with E-state index >= 15 is 0 Å². The van der Waals surface area contributed by atoms with Gasteiger partial charge < -0.3 is 15.3 Å². The molecule has 0 aliphatic carbocycles. The molecule has 1 fully saturated rings. The Bertz CT molecular complexity index is 602. The van der Waals surface area contributed by atoms with Gasteiger partial charge in [0.15, 0.2) is 6.23 Å². The van der Waals surface area contributed by atoms with Gasteiger partial charge in [-0.25, -0.2) is 4.79 Å². The molecule has 2 N–H and O–H groups in total. The van der Waals surface area contributed by atoms with Gasteiger partial charge in [0.2, 0.25) is 0 Å². The SMILES string of the molecule is [N-]=[N+]=NC[C@@H](Cc1ccccc1)NC(=O)ON1C(=O)CCC1O. The van der Waals surface area contributed by atoms with E-state index < -0.39 is 24.3 Å². The van der Waals surface area contributed by atoms with E-state index in [1.165, 1.54) is 0 Å². The van der Waals surface area contributed by atoms with Crippen LogP contribution in [-0.2, 0) is 16.1 Å². The number of rotatable bonds is 6. The van der Waals surface area contributed by atoms with Gasteiger partial charge in [0.1, 0.15) is 0 Å². The molecule has 0 spiro atoms. The fraction of sp³-hybridized carbons (Fsp3) is 0.429. The Balaban J connectivity index is 1.95. The maximum Gasteiger partial charge on any atom is 0.432 e. The van der Waals surface area contributed by atoms with E-state index in [1.54, 1.807) is 0 Å². The molecule has 23 heavy (non-hydrogen) atoms. The summed E-state index contributed by atoms with van der Waals surface area (Å²) in [6.45, 7) is 0.0387. The molecule has 0 aromatic heterocycles. The lowest BCUT2D eigenvalue weighted by atomic mass is 10.1. The number of hydrogen-bond donors (Lipinski definition) is 2. The molecule has 1 aromatic carbocycles. The third-order valence-electron chi connectivity index (χ3n) is 3.33. The van der Waals surface area contributed by atoms with Crippen molar-refractivity contribution in [2.75, 3.05) is 6.54 Å². The minimum Gasteiger partial charge on any atom is -0.370 e. The molecule has 2 amide bonds. The van der Waals surface area contributed by atoms with Crippen molar-refractivity contribution in [3.63, 3.8) is 0 Å². The predicted octanol–water partition coefficient (Wildman–Crippen LogP) is 1.49. The molecule has 2 rings (SSSR count). The van der Waals surface area contributed by atoms with Gasteiger partial charge in [0.25, 0.3) is 5.91 Å². The Morgan fingerprint density at radius 1 is 1.52 bits per heavy atom. The Labute approximate surface area is 132 Å². The van der Waals surface area contributed by atoms with Crippen LogP contribution in [0.4, 0.5) is 4.79 Å². The molecule has 1 unspecified atom stereocenters. The third-order valence-corrected chi connectivity index (χ3v) is 3.33. The second-order valence-electron chi connectivity index (χ2n) is 5.06. The molecule has 1 aliphatic heterocycles. The second-order valence-corrected chi connectivity index (χ2v) is 5.06. The van der Waals surface area contributed by atoms with Crippen molar-refractivity contribution < 1.29 is 19.5 Å². The van der Waals surface area contributed by atoms with Crippen LogP contribution in [0.15, 0.2) is 35.4 Å². The summed E-state index contributed by atoms with van der Waals surface area (Å²) >= 11 is 0. The first-order chi connectivity index (χ1) is 11.1. The summed E-state index contributed by atoms with van der Waals surface area (Å²) in [5.74, 6) is -0.456. The average Bonchev–Trinajstić information content (AvgIpc) is 2.85. The number of amides is 2. The minimum atomic E-state index is -1.13. The van der Waals surface area contributed by atoms with Crippen molar-refractivity contribution in [2.45, 2.75) is 31.5 Å². The number of azide groups is 1. The van der Waals surface area contributed by atoms with Crippen LogP contribution in [-0.4, -0.2) is 41.0 Å². The molecule has 0 bridgehead atoms. The summed E-state index contributed by atoms with van der Waals surface area (Å²) in [6, 6.07) is 8.85. The van der Waals surface area contributed by atoms with E-state index in [0.717, 1.165) is 5.56 Å². The molecule has 1 heterocycles. The monoisotopic (exact) mass is 319 g/mol. The molecule has 0 radical (unpaired) electrons. The summed E-state index contributed by atoms with van der Waals surface area (Å²) in [6.07, 6.45) is -1.23. The number of carbonyl (C=O) groups excluding carboxylic acids is 2. The molecule has 1 aliphatic rings. The lowest BCUT2D eigenvalue weighted by Crippen LogP contribution is -2.44. The molecule has 1 aromatic rings. The van der Waals surface area contributed by atoms with Gasteiger partial charge in [-0.2, -0.15) is 0 Å². The van der Waals surface area contributed by atoms with E-state index in [0.29, 0.717) is 11.5 Å². The quantitative estimate of drug-likeness (QED) is 0.467. The van der Waals surface area contributed by atoms with Gasteiger partial charge in [0.05, 0.1) is 0 Å². The van der Waals surface area contributed by atoms with Crippen LogP contribution >= 0.6 is 0 Å². The topological polar surface area (TPSA) is 128 Å². The standard InChI is InChI=1S/C14H17N5O4/c15-18-16-9-11(8-10-4-2-1-3-5-10)17-14(22)23-19-12(20)6-7-13(19)21/h1-5,11-12,20H,6-9H2,(H,17,22)/t11-,12?/m1/s1. The van der Waals surface area contributed by atoms with Crippen molar-refractivity contribution in [1.29, 1.82) is 0 Å². The average molecular weight is 319 g/mol. The molecular weight excluding hydrogens is 302 g/mol. The van der Waals surface area contributed by atoms with E-state index in [2.05, 4.69) is 15.3 Å². The molecule has 0 saturated carbocycles. The van der Waals surface area contributed by atoms with Crippen LogP contribution in [0.25, 0.3) is 10.4 Å². The lowest BCUT2D eigenvalue weighted by Gasteiger charge is -2.21. The van der Waals surface area contributed by atoms with Crippen LogP contribution in [0.2, 0.25) is 0 Å². The number of benzene rings is 1. The smallest absolute Gasteiger partial charge is 0.370 e. The first kappa shape index (κ1) is 16.6. The number of carbonyl (C=O) groups is 2. The van der Waals surface area contributed by atoms with Gasteiger partial charge in [-0.3, -0.25) is 4.79 Å². The summed E-state index contributed by atoms with van der Waals surface area (Å²) in [5, 5.41) is 16.2. The van der Waals surface area contributed by atoms with Crippen molar-refractivity contribution in [2.24, 2.45) is 5.11 Å². The van der Waals surface area contributed by atoms with Crippen LogP contribution in [0.3, 0.4) is 0 Å². The van der Waals surface area contributed by atoms with Crippen LogP contribution < -0.4 is 5.32 Å². The molecule has 2 atom stereocenters. The summed E-state index contributed by atoms with van der Waals surface area (Å²) in [4.78, 5) is 30.9. The van der Waals surface area contributed by atoms with Crippen LogP contribution in [0, 0.1) is 0 Å². The van der Waals surface area contributed by atoms with Crippen molar-refractivity contribution in [1.82, 2.24) is 10.4 Å². The van der Waals surface area contributed by atoms with Gasteiger partial charge in [-0.15, -0.1) is 5.06 Å². The van der Waals surface area contributed by atoms with Gasteiger partial charge in [-0.05, 0) is 17.5 Å². The second kappa shape index (κ2) is 8.02. The zero-order valence-electron chi connectivity index (χ0n) is 12.3. The van der Waals surface area contributed by atoms with Crippen molar-refractivity contribution in [3.05, 3.63) is 46.3 Å². The third kappa shape index (κ3) is 4.87. The fourth-order valence-corrected chi connectivity index (χ4v) is 2.24. The highest BCUT2D eigenvalue weighted by atomic mass is 16.7. The maximum absolute atomic E-state index is 11.9. The molecule has 9 nitrogen and oxygen atoms in total. The summed E-state index contributed by atoms with van der Waals surface area (Å²) < 4.78 is 0. The van der Waals surface area contributed by atoms with E-state index in [4.69, 9.17) is 10.4 Å². The number of nitrogens with zero attached hydrogens (tertiary/aromatic N) is 4. The van der Waals surface area contributed by atoms with Crippen molar-refractivity contribution in [3.8, 4) is 0 Å². The number of aliphatic hydroxyl groups is 1. The fourth-order valence-electron chi connectivity index (χ4n) is 2.24. The zero-order chi connectivity index (χ0) is 16.7. The lowest BCUT2D eigenvalue weighted by molar-refractivity contribution is -0.190. The minimum absolute atomic E-state index is 0.0387. The zero-order valence-corrected chi connectivity index (χ0v) is 12.3. The molecule has 122 valence electrons. The number of hydrogen-bond acceptors (Lipinski definition) is 5. The van der Waals surface area contributed by atoms with Crippen LogP contribution in [0.1, 0.15) is 18.4 Å². The van der Waals surface area contributed by atoms with E-state index in [1.807, 2.05) is 30.3 Å². The molecular formula is C14H17N5O4. The summed E-state index contributed by atoms with van der Waals surface area (Å²) in [5.41, 5.74) is 9.39.